The van der Waals surface area contributed by atoms with Crippen molar-refractivity contribution < 1.29 is 0 Å². The smallest absolute Gasteiger partial charge is 0.258 e. The molecule has 0 atom stereocenters. The van der Waals surface area contributed by atoms with Gasteiger partial charge in [0.1, 0.15) is 5.82 Å². The van der Waals surface area contributed by atoms with E-state index in [0.29, 0.717) is 11.9 Å². The van der Waals surface area contributed by atoms with E-state index in [1.165, 1.54) is 12.8 Å². The average molecular weight is 415 g/mol. The minimum atomic E-state index is -0.0811. The molecule has 2 aromatic rings. The van der Waals surface area contributed by atoms with Gasteiger partial charge < -0.3 is 4.98 Å². The molecule has 0 bridgehead atoms. The zero-order valence-corrected chi connectivity index (χ0v) is 15.0. The summed E-state index contributed by atoms with van der Waals surface area (Å²) >= 11 is 6.89. The molecule has 1 N–H and O–H groups in total. The lowest BCUT2D eigenvalue weighted by molar-refractivity contribution is 0.181. The molecule has 0 spiro atoms. The average Bonchev–Trinajstić information content (AvgIpc) is 2.43. The fourth-order valence-electron chi connectivity index (χ4n) is 2.72. The maximum absolute atomic E-state index is 12.2. The number of likely N-dealkylation sites (tertiary alicyclic amines) is 1. The normalized spacial score (nSPS) is 17.5. The van der Waals surface area contributed by atoms with Gasteiger partial charge in [-0.1, -0.05) is 22.9 Å². The lowest BCUT2D eigenvalue weighted by Crippen LogP contribution is -2.33. The van der Waals surface area contributed by atoms with Crippen LogP contribution in [0.2, 0.25) is 0 Å². The number of hydrogen-bond acceptors (Lipinski definition) is 3. The number of halogens is 2. The summed E-state index contributed by atoms with van der Waals surface area (Å²) in [4.78, 5) is 22.1. The van der Waals surface area contributed by atoms with E-state index in [1.54, 1.807) is 6.07 Å². The summed E-state index contributed by atoms with van der Waals surface area (Å²) in [6.07, 6.45) is 2.43. The molecule has 0 saturated carbocycles. The van der Waals surface area contributed by atoms with Gasteiger partial charge in [-0.15, -0.1) is 0 Å². The van der Waals surface area contributed by atoms with Gasteiger partial charge in [0.2, 0.25) is 0 Å². The molecule has 4 nitrogen and oxygen atoms in total. The van der Waals surface area contributed by atoms with Crippen LogP contribution < -0.4 is 5.56 Å². The molecule has 0 unspecified atom stereocenters. The molecular formula is C15H17Br2N3O. The number of aromatic nitrogens is 2. The van der Waals surface area contributed by atoms with Crippen molar-refractivity contribution in [3.8, 4) is 0 Å². The van der Waals surface area contributed by atoms with Gasteiger partial charge in [-0.3, -0.25) is 9.69 Å². The largest absolute Gasteiger partial charge is 0.309 e. The summed E-state index contributed by atoms with van der Waals surface area (Å²) in [6, 6.07) is 3.72. The lowest BCUT2D eigenvalue weighted by atomic mass is 9.99. The number of aromatic amines is 1. The molecule has 0 aliphatic carbocycles. The van der Waals surface area contributed by atoms with Crippen molar-refractivity contribution in [2.75, 3.05) is 13.1 Å². The van der Waals surface area contributed by atoms with Crippen molar-refractivity contribution >= 4 is 42.8 Å². The third-order valence-corrected chi connectivity index (χ3v) is 5.09. The highest BCUT2D eigenvalue weighted by molar-refractivity contribution is 9.11. The molecule has 1 aromatic heterocycles. The van der Waals surface area contributed by atoms with Crippen LogP contribution in [0.1, 0.15) is 25.6 Å². The summed E-state index contributed by atoms with van der Waals surface area (Å²) in [7, 11) is 0. The summed E-state index contributed by atoms with van der Waals surface area (Å²) in [5, 5.41) is 0.604. The first-order chi connectivity index (χ1) is 10.0. The summed E-state index contributed by atoms with van der Waals surface area (Å²) in [5.41, 5.74) is 0.643. The Labute approximate surface area is 140 Å². The Morgan fingerprint density at radius 2 is 2.05 bits per heavy atom. The number of rotatable bonds is 2. The SMILES string of the molecule is CC1CCN(Cc2nc3c(Br)cc(Br)cc3c(=O)[nH]2)CC1. The second kappa shape index (κ2) is 6.18. The molecule has 6 heteroatoms. The quantitative estimate of drug-likeness (QED) is 0.815. The fourth-order valence-corrected chi connectivity index (χ4v) is 4.03. The number of nitrogens with zero attached hydrogens (tertiary/aromatic N) is 2. The van der Waals surface area contributed by atoms with E-state index in [0.717, 1.165) is 39.3 Å². The number of H-pyrrole nitrogens is 1. The second-order valence-corrected chi connectivity index (χ2v) is 7.53. The Morgan fingerprint density at radius 1 is 1.33 bits per heavy atom. The standard InChI is InChI=1S/C15H17Br2N3O/c1-9-2-4-20(5-3-9)8-13-18-14-11(15(21)19-13)6-10(16)7-12(14)17/h6-7,9H,2-5,8H2,1H3,(H,18,19,21). The van der Waals surface area contributed by atoms with E-state index in [4.69, 9.17) is 0 Å². The lowest BCUT2D eigenvalue weighted by Gasteiger charge is -2.29. The number of fused-ring (bicyclic) bond motifs is 1. The molecular weight excluding hydrogens is 398 g/mol. The third-order valence-electron chi connectivity index (χ3n) is 4.03. The van der Waals surface area contributed by atoms with Gasteiger partial charge in [0.25, 0.3) is 5.56 Å². The molecule has 1 aromatic carbocycles. The van der Waals surface area contributed by atoms with Crippen molar-refractivity contribution in [1.82, 2.24) is 14.9 Å². The van der Waals surface area contributed by atoms with Crippen molar-refractivity contribution in [2.24, 2.45) is 5.92 Å². The molecule has 1 aliphatic rings. The van der Waals surface area contributed by atoms with E-state index in [-0.39, 0.29) is 5.56 Å². The van der Waals surface area contributed by atoms with E-state index in [9.17, 15) is 4.79 Å². The highest BCUT2D eigenvalue weighted by Crippen LogP contribution is 2.25. The first kappa shape index (κ1) is 15.2. The van der Waals surface area contributed by atoms with Crippen LogP contribution in [0.25, 0.3) is 10.9 Å². The van der Waals surface area contributed by atoms with Gasteiger partial charge in [-0.2, -0.15) is 0 Å². The molecule has 112 valence electrons. The molecule has 0 amide bonds. The Hall–Kier alpha value is -0.720. The Kier molecular flexibility index (Phi) is 4.47. The summed E-state index contributed by atoms with van der Waals surface area (Å²) in [5.74, 6) is 1.54. The van der Waals surface area contributed by atoms with E-state index < -0.39 is 0 Å². The topological polar surface area (TPSA) is 49.0 Å². The van der Waals surface area contributed by atoms with Crippen LogP contribution in [0.3, 0.4) is 0 Å². The Balaban J connectivity index is 1.92. The van der Waals surface area contributed by atoms with Crippen LogP contribution in [0.4, 0.5) is 0 Å². The number of piperidine rings is 1. The van der Waals surface area contributed by atoms with Crippen LogP contribution in [-0.2, 0) is 6.54 Å². The van der Waals surface area contributed by atoms with Crippen LogP contribution in [-0.4, -0.2) is 28.0 Å². The predicted octanol–water partition coefficient (Wildman–Crippen LogP) is 3.68. The molecule has 21 heavy (non-hydrogen) atoms. The first-order valence-corrected chi connectivity index (χ1v) is 8.72. The van der Waals surface area contributed by atoms with Crippen LogP contribution >= 0.6 is 31.9 Å². The highest BCUT2D eigenvalue weighted by atomic mass is 79.9. The van der Waals surface area contributed by atoms with Gasteiger partial charge in [-0.05, 0) is 59.9 Å². The van der Waals surface area contributed by atoms with Crippen LogP contribution in [0.15, 0.2) is 25.9 Å². The minimum absolute atomic E-state index is 0.0811. The second-order valence-electron chi connectivity index (χ2n) is 5.76. The third kappa shape index (κ3) is 3.38. The predicted molar refractivity (Wildman–Crippen MR) is 91.4 cm³/mol. The van der Waals surface area contributed by atoms with Crippen molar-refractivity contribution in [3.63, 3.8) is 0 Å². The zero-order chi connectivity index (χ0) is 15.0. The number of nitrogens with one attached hydrogen (secondary N) is 1. The van der Waals surface area contributed by atoms with Gasteiger partial charge in [-0.25, -0.2) is 4.98 Å². The number of hydrogen-bond donors (Lipinski definition) is 1. The van der Waals surface area contributed by atoms with Gasteiger partial charge in [0, 0.05) is 8.95 Å². The van der Waals surface area contributed by atoms with Crippen molar-refractivity contribution in [1.29, 1.82) is 0 Å². The van der Waals surface area contributed by atoms with E-state index in [2.05, 4.69) is 53.7 Å². The van der Waals surface area contributed by atoms with Gasteiger partial charge in [0.05, 0.1) is 17.4 Å². The fraction of sp³-hybridized carbons (Fsp3) is 0.467. The first-order valence-electron chi connectivity index (χ1n) is 7.13. The molecule has 1 fully saturated rings. The highest BCUT2D eigenvalue weighted by Gasteiger charge is 2.17. The summed E-state index contributed by atoms with van der Waals surface area (Å²) in [6.45, 7) is 5.15. The van der Waals surface area contributed by atoms with E-state index >= 15 is 0 Å². The van der Waals surface area contributed by atoms with Gasteiger partial charge >= 0.3 is 0 Å². The van der Waals surface area contributed by atoms with Gasteiger partial charge in [0.15, 0.2) is 0 Å². The Morgan fingerprint density at radius 3 is 2.76 bits per heavy atom. The monoisotopic (exact) mass is 413 g/mol. The number of benzene rings is 1. The zero-order valence-electron chi connectivity index (χ0n) is 11.8. The minimum Gasteiger partial charge on any atom is -0.309 e. The van der Waals surface area contributed by atoms with E-state index in [1.807, 2.05) is 6.07 Å². The molecule has 1 saturated heterocycles. The Bertz CT molecular complexity index is 721. The van der Waals surface area contributed by atoms with Crippen molar-refractivity contribution in [2.45, 2.75) is 26.3 Å². The maximum Gasteiger partial charge on any atom is 0.258 e. The maximum atomic E-state index is 12.2. The molecule has 3 rings (SSSR count). The van der Waals surface area contributed by atoms with Crippen LogP contribution in [0, 0.1) is 5.92 Å². The molecule has 1 aliphatic heterocycles. The van der Waals surface area contributed by atoms with Crippen LogP contribution in [0.5, 0.6) is 0 Å². The summed E-state index contributed by atoms with van der Waals surface area (Å²) < 4.78 is 1.71. The molecule has 0 radical (unpaired) electrons. The van der Waals surface area contributed by atoms with Crippen molar-refractivity contribution in [3.05, 3.63) is 37.3 Å². The molecule has 2 heterocycles.